The molecule has 2 aromatic rings. The van der Waals surface area contributed by atoms with Crippen molar-refractivity contribution in [1.29, 1.82) is 0 Å². The summed E-state index contributed by atoms with van der Waals surface area (Å²) in [5, 5.41) is 7.86. The van der Waals surface area contributed by atoms with E-state index in [0.717, 1.165) is 23.0 Å². The van der Waals surface area contributed by atoms with Gasteiger partial charge in [0, 0.05) is 17.5 Å². The van der Waals surface area contributed by atoms with Crippen LogP contribution in [0.25, 0.3) is 5.65 Å². The summed E-state index contributed by atoms with van der Waals surface area (Å²) in [6.07, 6.45) is 3.61. The van der Waals surface area contributed by atoms with Crippen molar-refractivity contribution in [2.75, 3.05) is 0 Å². The Morgan fingerprint density at radius 2 is 1.82 bits per heavy atom. The summed E-state index contributed by atoms with van der Waals surface area (Å²) in [6.45, 7) is 10.0. The first-order valence-corrected chi connectivity index (χ1v) is 5.16. The number of rotatable bonds is 1. The summed E-state index contributed by atoms with van der Waals surface area (Å²) in [7, 11) is 0. The number of fused-ring (bicyclic) bond motifs is 1. The molecule has 0 saturated heterocycles. The largest absolute Gasteiger partial charge is 2.00 e. The van der Waals surface area contributed by atoms with E-state index in [9.17, 15) is 0 Å². The van der Waals surface area contributed by atoms with E-state index in [4.69, 9.17) is 0 Å². The molecule has 0 fully saturated rings. The predicted octanol–water partition coefficient (Wildman–Crippen LogP) is 2.87. The first-order chi connectivity index (χ1) is 7.18. The average molecular weight is 404 g/mol. The van der Waals surface area contributed by atoms with Crippen molar-refractivity contribution in [1.82, 2.24) is 19.6 Å². The molecule has 0 saturated carbocycles. The molecule has 4 nitrogen and oxygen atoms in total. The Balaban J connectivity index is 0. The molecule has 0 N–H and O–H groups in total. The molecule has 0 spiro atoms. The van der Waals surface area contributed by atoms with Crippen LogP contribution in [0, 0.1) is 20.3 Å². The third kappa shape index (κ3) is 4.12. The summed E-state index contributed by atoms with van der Waals surface area (Å²) in [5.74, 6) is 1.15. The zero-order valence-corrected chi connectivity index (χ0v) is 14.3. The zero-order chi connectivity index (χ0) is 11.4. The number of hydrogen-bond acceptors (Lipinski definition) is 3. The van der Waals surface area contributed by atoms with Crippen molar-refractivity contribution in [3.8, 4) is 0 Å². The van der Waals surface area contributed by atoms with Gasteiger partial charge < -0.3 is 11.8 Å². The average Bonchev–Trinajstić information content (AvgIpc) is 2.67. The molecule has 0 aliphatic heterocycles. The SMILES string of the molecule is CC.Cc1cn2cnnc2c([C-](C)C)n1.[CH3-].[W+2]. The summed E-state index contributed by atoms with van der Waals surface area (Å²) >= 11 is 0. The second kappa shape index (κ2) is 8.24. The second-order valence-corrected chi connectivity index (χ2v) is 3.29. The summed E-state index contributed by atoms with van der Waals surface area (Å²) in [5.41, 5.74) is 2.73. The topological polar surface area (TPSA) is 43.1 Å². The van der Waals surface area contributed by atoms with E-state index < -0.39 is 0 Å². The number of nitrogens with zero attached hydrogens (tertiary/aromatic N) is 4. The van der Waals surface area contributed by atoms with Crippen molar-refractivity contribution in [2.45, 2.75) is 34.6 Å². The Bertz CT molecular complexity index is 437. The van der Waals surface area contributed by atoms with Crippen LogP contribution in [0.3, 0.4) is 0 Å². The van der Waals surface area contributed by atoms with Gasteiger partial charge in [-0.15, -0.1) is 13.8 Å². The van der Waals surface area contributed by atoms with Crippen molar-refractivity contribution >= 4 is 5.65 Å². The van der Waals surface area contributed by atoms with Gasteiger partial charge in [0.15, 0.2) is 0 Å². The normalized spacial score (nSPS) is 8.53. The van der Waals surface area contributed by atoms with Crippen LogP contribution >= 0.6 is 0 Å². The minimum absolute atomic E-state index is 0. The minimum atomic E-state index is 0. The van der Waals surface area contributed by atoms with Crippen LogP contribution in [-0.2, 0) is 21.1 Å². The molecule has 0 radical (unpaired) electrons. The van der Waals surface area contributed by atoms with Gasteiger partial charge >= 0.3 is 21.1 Å². The zero-order valence-electron chi connectivity index (χ0n) is 11.4. The van der Waals surface area contributed by atoms with E-state index in [1.165, 1.54) is 0 Å². The predicted molar refractivity (Wildman–Crippen MR) is 67.0 cm³/mol. The molecule has 0 unspecified atom stereocenters. The maximum absolute atomic E-state index is 4.41. The fraction of sp³-hybridized carbons (Fsp3) is 0.417. The van der Waals surface area contributed by atoms with E-state index in [1.807, 2.05) is 45.2 Å². The van der Waals surface area contributed by atoms with Crippen LogP contribution in [0.5, 0.6) is 0 Å². The fourth-order valence-corrected chi connectivity index (χ4v) is 1.30. The smallest absolute Gasteiger partial charge is 0.366 e. The maximum atomic E-state index is 4.41. The Kier molecular flexibility index (Phi) is 8.95. The molecule has 2 aromatic heterocycles. The molecule has 94 valence electrons. The van der Waals surface area contributed by atoms with Crippen LogP contribution in [0.4, 0.5) is 0 Å². The Morgan fingerprint density at radius 3 is 2.35 bits per heavy atom. The van der Waals surface area contributed by atoms with Crippen molar-refractivity contribution in [3.05, 3.63) is 37.3 Å². The molecule has 0 amide bonds. The molecule has 0 aliphatic carbocycles. The van der Waals surface area contributed by atoms with Crippen LogP contribution in [-0.4, -0.2) is 19.6 Å². The third-order valence-electron chi connectivity index (χ3n) is 1.87. The summed E-state index contributed by atoms with van der Waals surface area (Å²) in [6, 6.07) is 0. The van der Waals surface area contributed by atoms with Gasteiger partial charge in [-0.3, -0.25) is 4.98 Å². The van der Waals surface area contributed by atoms with Crippen molar-refractivity contribution in [2.24, 2.45) is 0 Å². The van der Waals surface area contributed by atoms with Gasteiger partial charge in [0.05, 0.1) is 0 Å². The monoisotopic (exact) mass is 404 g/mol. The van der Waals surface area contributed by atoms with Gasteiger partial charge in [0.2, 0.25) is 0 Å². The number of aryl methyl sites for hydroxylation is 1. The van der Waals surface area contributed by atoms with Crippen LogP contribution in [0.15, 0.2) is 12.5 Å². The molecule has 0 aromatic carbocycles. The Morgan fingerprint density at radius 1 is 1.24 bits per heavy atom. The van der Waals surface area contributed by atoms with Gasteiger partial charge in [-0.25, -0.2) is 5.10 Å². The van der Waals surface area contributed by atoms with Gasteiger partial charge in [-0.1, -0.05) is 19.5 Å². The second-order valence-electron chi connectivity index (χ2n) is 3.29. The summed E-state index contributed by atoms with van der Waals surface area (Å²) in [4.78, 5) is 4.41. The molecular weight excluding hydrogens is 384 g/mol. The summed E-state index contributed by atoms with van der Waals surface area (Å²) < 4.78 is 1.89. The fourth-order valence-electron chi connectivity index (χ4n) is 1.30. The van der Waals surface area contributed by atoms with E-state index in [2.05, 4.69) is 15.2 Å². The van der Waals surface area contributed by atoms with Gasteiger partial charge in [0.1, 0.15) is 6.33 Å². The quantitative estimate of drug-likeness (QED) is 0.687. The van der Waals surface area contributed by atoms with Crippen LogP contribution < -0.4 is 0 Å². The van der Waals surface area contributed by atoms with Crippen molar-refractivity contribution in [3.63, 3.8) is 0 Å². The van der Waals surface area contributed by atoms with E-state index in [0.29, 0.717) is 0 Å². The molecule has 0 aliphatic rings. The molecule has 5 heteroatoms. The Hall–Kier alpha value is -0.892. The van der Waals surface area contributed by atoms with Crippen molar-refractivity contribution < 1.29 is 21.1 Å². The number of hydrogen-bond donors (Lipinski definition) is 0. The van der Waals surface area contributed by atoms with E-state index in [-0.39, 0.29) is 28.5 Å². The van der Waals surface area contributed by atoms with Gasteiger partial charge in [-0.05, 0) is 6.92 Å². The third-order valence-corrected chi connectivity index (χ3v) is 1.87. The molecule has 0 bridgehead atoms. The number of aromatic nitrogens is 4. The molecule has 17 heavy (non-hydrogen) atoms. The van der Waals surface area contributed by atoms with Gasteiger partial charge in [-0.2, -0.15) is 11.0 Å². The minimum Gasteiger partial charge on any atom is -0.366 e. The molecule has 2 rings (SSSR count). The van der Waals surface area contributed by atoms with Crippen LogP contribution in [0.1, 0.15) is 39.1 Å². The maximum Gasteiger partial charge on any atom is 2.00 e. The Labute approximate surface area is 118 Å². The van der Waals surface area contributed by atoms with Gasteiger partial charge in [0.25, 0.3) is 0 Å². The van der Waals surface area contributed by atoms with Crippen LogP contribution in [0.2, 0.25) is 0 Å². The molecule has 0 atom stereocenters. The van der Waals surface area contributed by atoms with E-state index >= 15 is 0 Å². The standard InChI is InChI=1S/C9H11N4.C2H6.CH3.W/c1-6(2)8-9-12-10-5-13(9)4-7(3)11-8;1-2;;/h4-5H,1-3H3;1-2H3;1H3;/q-1;;-1;+2. The molecule has 2 heterocycles. The molecular formula is C12H20N4W. The first kappa shape index (κ1) is 18.5. The van der Waals surface area contributed by atoms with E-state index in [1.54, 1.807) is 6.33 Å². The first-order valence-electron chi connectivity index (χ1n) is 5.16.